The van der Waals surface area contributed by atoms with Crippen LogP contribution < -0.4 is 0 Å². The molecular weight excluding hydrogens is 261 g/mol. The lowest BCUT2D eigenvalue weighted by Gasteiger charge is -2.09. The molecule has 1 aromatic carbocycles. The zero-order chi connectivity index (χ0) is 13.2. The van der Waals surface area contributed by atoms with E-state index in [-0.39, 0.29) is 12.5 Å². The molecule has 0 fully saturated rings. The zero-order valence-electron chi connectivity index (χ0n) is 9.24. The molecule has 1 unspecified atom stereocenters. The first-order valence-electron chi connectivity index (χ1n) is 5.24. The van der Waals surface area contributed by atoms with Crippen molar-refractivity contribution in [1.82, 2.24) is 0 Å². The molecule has 0 N–H and O–H groups in total. The third-order valence-corrected chi connectivity index (χ3v) is 3.63. The molecule has 1 aromatic rings. The highest BCUT2D eigenvalue weighted by Crippen LogP contribution is 2.34. The van der Waals surface area contributed by atoms with E-state index in [1.165, 1.54) is 23.9 Å². The second-order valence-corrected chi connectivity index (χ2v) is 4.90. The van der Waals surface area contributed by atoms with Gasteiger partial charge in [0, 0.05) is 5.75 Å². The number of aliphatic imine (C=N–C) groups is 1. The van der Waals surface area contributed by atoms with Gasteiger partial charge in [0.1, 0.15) is 0 Å². The summed E-state index contributed by atoms with van der Waals surface area (Å²) in [6, 6.07) is 6.91. The summed E-state index contributed by atoms with van der Waals surface area (Å²) in [6.07, 6.45) is -4.04. The second kappa shape index (κ2) is 5.02. The van der Waals surface area contributed by atoms with E-state index in [0.717, 1.165) is 22.7 Å². The average Bonchev–Trinajstić information content (AvgIpc) is 2.77. The number of nitriles is 1. The molecule has 0 saturated heterocycles. The Kier molecular flexibility index (Phi) is 3.62. The fraction of sp³-hybridized carbons (Fsp3) is 0.333. The van der Waals surface area contributed by atoms with E-state index in [1.54, 1.807) is 0 Å². The van der Waals surface area contributed by atoms with Crippen LogP contribution >= 0.6 is 11.8 Å². The van der Waals surface area contributed by atoms with Crippen LogP contribution in [-0.4, -0.2) is 10.8 Å². The lowest BCUT2D eigenvalue weighted by atomic mass is 10.1. The molecule has 1 aliphatic rings. The Hall–Kier alpha value is -1.48. The van der Waals surface area contributed by atoms with Crippen molar-refractivity contribution in [2.45, 2.75) is 18.6 Å². The highest BCUT2D eigenvalue weighted by atomic mass is 32.2. The summed E-state index contributed by atoms with van der Waals surface area (Å²) in [6.45, 7) is 0. The number of nitrogens with zero attached hydrogens (tertiary/aromatic N) is 2. The molecule has 0 bridgehead atoms. The normalized spacial score (nSPS) is 19.4. The monoisotopic (exact) mass is 270 g/mol. The molecule has 2 rings (SSSR count). The number of benzene rings is 1. The van der Waals surface area contributed by atoms with E-state index in [9.17, 15) is 13.2 Å². The highest BCUT2D eigenvalue weighted by Gasteiger charge is 2.30. The van der Waals surface area contributed by atoms with Crippen molar-refractivity contribution in [1.29, 1.82) is 5.26 Å². The molecule has 0 aliphatic carbocycles. The summed E-state index contributed by atoms with van der Waals surface area (Å²) in [7, 11) is 0. The van der Waals surface area contributed by atoms with Crippen LogP contribution in [-0.2, 0) is 6.18 Å². The van der Waals surface area contributed by atoms with Crippen molar-refractivity contribution < 1.29 is 13.2 Å². The third kappa shape index (κ3) is 2.85. The molecule has 0 radical (unpaired) electrons. The van der Waals surface area contributed by atoms with Crippen LogP contribution in [0.2, 0.25) is 0 Å². The summed E-state index contributed by atoms with van der Waals surface area (Å²) in [5.74, 6) is 0.683. The maximum absolute atomic E-state index is 12.4. The highest BCUT2D eigenvalue weighted by molar-refractivity contribution is 8.14. The largest absolute Gasteiger partial charge is 0.416 e. The smallest absolute Gasteiger partial charge is 0.273 e. The standard InChI is InChI=1S/C12H9F3N2S/c13-12(14,15)9-3-1-8(2-4-9)10-7-18-11(17-10)5-6-16/h1-4,10H,5,7H2. The maximum Gasteiger partial charge on any atom is 0.416 e. The molecular formula is C12H9F3N2S. The SMILES string of the molecule is N#CCC1=NC(c2ccc(C(F)(F)F)cc2)CS1. The van der Waals surface area contributed by atoms with Gasteiger partial charge in [-0.1, -0.05) is 12.1 Å². The number of thioether (sulfide) groups is 1. The van der Waals surface area contributed by atoms with Gasteiger partial charge >= 0.3 is 6.18 Å². The summed E-state index contributed by atoms with van der Waals surface area (Å²) < 4.78 is 37.2. The Labute approximate surface area is 107 Å². The lowest BCUT2D eigenvalue weighted by Crippen LogP contribution is -2.05. The van der Waals surface area contributed by atoms with Crippen molar-refractivity contribution in [2.75, 3.05) is 5.75 Å². The van der Waals surface area contributed by atoms with Crippen LogP contribution in [0.15, 0.2) is 29.3 Å². The van der Waals surface area contributed by atoms with Gasteiger partial charge in [0.25, 0.3) is 0 Å². The number of rotatable bonds is 2. The molecule has 18 heavy (non-hydrogen) atoms. The van der Waals surface area contributed by atoms with Crippen molar-refractivity contribution in [3.05, 3.63) is 35.4 Å². The topological polar surface area (TPSA) is 36.1 Å². The Morgan fingerprint density at radius 3 is 2.56 bits per heavy atom. The molecule has 1 atom stereocenters. The van der Waals surface area contributed by atoms with Crippen LogP contribution in [0.1, 0.15) is 23.6 Å². The average molecular weight is 270 g/mol. The number of alkyl halides is 3. The number of hydrogen-bond donors (Lipinski definition) is 0. The van der Waals surface area contributed by atoms with Gasteiger partial charge in [0.05, 0.1) is 29.1 Å². The quantitative estimate of drug-likeness (QED) is 0.819. The molecule has 2 nitrogen and oxygen atoms in total. The van der Waals surface area contributed by atoms with Crippen molar-refractivity contribution in [2.24, 2.45) is 4.99 Å². The van der Waals surface area contributed by atoms with E-state index in [1.807, 2.05) is 6.07 Å². The van der Waals surface area contributed by atoms with Gasteiger partial charge in [-0.2, -0.15) is 18.4 Å². The molecule has 0 aromatic heterocycles. The van der Waals surface area contributed by atoms with E-state index < -0.39 is 11.7 Å². The van der Waals surface area contributed by atoms with Gasteiger partial charge in [-0.05, 0) is 17.7 Å². The minimum atomic E-state index is -4.31. The van der Waals surface area contributed by atoms with E-state index in [2.05, 4.69) is 4.99 Å². The summed E-state index contributed by atoms with van der Waals surface area (Å²) in [5.41, 5.74) is 0.0987. The van der Waals surface area contributed by atoms with Crippen LogP contribution in [0.25, 0.3) is 0 Å². The van der Waals surface area contributed by atoms with E-state index in [4.69, 9.17) is 5.26 Å². The number of hydrogen-bond acceptors (Lipinski definition) is 3. The molecule has 1 aliphatic heterocycles. The minimum Gasteiger partial charge on any atom is -0.273 e. The van der Waals surface area contributed by atoms with Gasteiger partial charge < -0.3 is 0 Å². The van der Waals surface area contributed by atoms with Crippen LogP contribution in [0, 0.1) is 11.3 Å². The molecule has 0 spiro atoms. The van der Waals surface area contributed by atoms with Crippen LogP contribution in [0.4, 0.5) is 13.2 Å². The number of halogens is 3. The molecule has 6 heteroatoms. The predicted molar refractivity (Wildman–Crippen MR) is 64.3 cm³/mol. The summed E-state index contributed by atoms with van der Waals surface area (Å²) in [5, 5.41) is 9.29. The molecule has 0 saturated carbocycles. The predicted octanol–water partition coefficient (Wildman–Crippen LogP) is 3.81. The van der Waals surface area contributed by atoms with Gasteiger partial charge in [0.15, 0.2) is 0 Å². The first-order chi connectivity index (χ1) is 8.50. The first kappa shape index (κ1) is 13.0. The van der Waals surface area contributed by atoms with Gasteiger partial charge in [-0.15, -0.1) is 11.8 Å². The minimum absolute atomic E-state index is 0.138. The van der Waals surface area contributed by atoms with Gasteiger partial charge in [-0.3, -0.25) is 4.99 Å². The zero-order valence-corrected chi connectivity index (χ0v) is 10.1. The lowest BCUT2D eigenvalue weighted by molar-refractivity contribution is -0.137. The fourth-order valence-electron chi connectivity index (χ4n) is 1.65. The Balaban J connectivity index is 2.15. The first-order valence-corrected chi connectivity index (χ1v) is 6.23. The Morgan fingerprint density at radius 2 is 2.00 bits per heavy atom. The van der Waals surface area contributed by atoms with Crippen molar-refractivity contribution >= 4 is 16.8 Å². The second-order valence-electron chi connectivity index (χ2n) is 3.80. The van der Waals surface area contributed by atoms with Crippen LogP contribution in [0.3, 0.4) is 0 Å². The molecule has 1 heterocycles. The maximum atomic E-state index is 12.4. The molecule has 0 amide bonds. The van der Waals surface area contributed by atoms with Gasteiger partial charge in [-0.25, -0.2) is 0 Å². The van der Waals surface area contributed by atoms with E-state index in [0.29, 0.717) is 5.75 Å². The summed E-state index contributed by atoms with van der Waals surface area (Å²) >= 11 is 1.48. The van der Waals surface area contributed by atoms with Crippen molar-refractivity contribution in [3.8, 4) is 6.07 Å². The van der Waals surface area contributed by atoms with Crippen molar-refractivity contribution in [3.63, 3.8) is 0 Å². The Bertz CT molecular complexity index is 500. The van der Waals surface area contributed by atoms with E-state index >= 15 is 0 Å². The fourth-order valence-corrected chi connectivity index (χ4v) is 2.64. The third-order valence-electron chi connectivity index (χ3n) is 2.56. The molecule has 94 valence electrons. The Morgan fingerprint density at radius 1 is 1.33 bits per heavy atom. The van der Waals surface area contributed by atoms with Crippen LogP contribution in [0.5, 0.6) is 0 Å². The summed E-state index contributed by atoms with van der Waals surface area (Å²) in [4.78, 5) is 4.32. The van der Waals surface area contributed by atoms with Gasteiger partial charge in [0.2, 0.25) is 0 Å².